The minimum atomic E-state index is -3.03. The van der Waals surface area contributed by atoms with E-state index < -0.39 is 9.84 Å². The Morgan fingerprint density at radius 3 is 2.22 bits per heavy atom. The second-order valence-electron chi connectivity index (χ2n) is 4.73. The molecular formula is C13H19NO3S. The van der Waals surface area contributed by atoms with Gasteiger partial charge in [-0.15, -0.1) is 0 Å². The van der Waals surface area contributed by atoms with Crippen molar-refractivity contribution in [1.29, 1.82) is 0 Å². The van der Waals surface area contributed by atoms with Gasteiger partial charge in [0, 0.05) is 17.9 Å². The standard InChI is InChI=1S/C13H19NO3S/c1-10(2)14-8-13(15)12-6-4-11(5-7-12)9-18(3,16)17/h4-7,10,14H,8-9H2,1-3H3. The molecule has 1 aromatic carbocycles. The van der Waals surface area contributed by atoms with Gasteiger partial charge in [0.25, 0.3) is 0 Å². The summed E-state index contributed by atoms with van der Waals surface area (Å²) in [6.45, 7) is 4.24. The predicted molar refractivity (Wildman–Crippen MR) is 72.5 cm³/mol. The highest BCUT2D eigenvalue weighted by Gasteiger charge is 2.08. The van der Waals surface area contributed by atoms with Gasteiger partial charge in [-0.2, -0.15) is 0 Å². The Labute approximate surface area is 108 Å². The van der Waals surface area contributed by atoms with Crippen molar-refractivity contribution in [2.45, 2.75) is 25.6 Å². The summed E-state index contributed by atoms with van der Waals surface area (Å²) in [6, 6.07) is 6.97. The van der Waals surface area contributed by atoms with Gasteiger partial charge in [0.05, 0.1) is 12.3 Å². The van der Waals surface area contributed by atoms with Crippen LogP contribution in [0.5, 0.6) is 0 Å². The van der Waals surface area contributed by atoms with Gasteiger partial charge in [0.15, 0.2) is 15.6 Å². The highest BCUT2D eigenvalue weighted by molar-refractivity contribution is 7.89. The lowest BCUT2D eigenvalue weighted by Gasteiger charge is -2.07. The van der Waals surface area contributed by atoms with Crippen molar-refractivity contribution < 1.29 is 13.2 Å². The molecule has 1 rings (SSSR count). The molecule has 0 fully saturated rings. The quantitative estimate of drug-likeness (QED) is 0.793. The Kier molecular flexibility index (Phi) is 5.04. The maximum atomic E-state index is 11.8. The second-order valence-corrected chi connectivity index (χ2v) is 6.87. The Morgan fingerprint density at radius 1 is 1.22 bits per heavy atom. The third-order valence-corrected chi connectivity index (χ3v) is 3.23. The molecule has 0 radical (unpaired) electrons. The third-order valence-electron chi connectivity index (χ3n) is 2.38. The Bertz CT molecular complexity index is 504. The fraction of sp³-hybridized carbons (Fsp3) is 0.462. The SMILES string of the molecule is CC(C)NCC(=O)c1ccc(CS(C)(=O)=O)cc1. The lowest BCUT2D eigenvalue weighted by Crippen LogP contribution is -2.29. The summed E-state index contributed by atoms with van der Waals surface area (Å²) in [7, 11) is -3.03. The molecule has 0 aliphatic heterocycles. The average Bonchev–Trinajstić information content (AvgIpc) is 2.24. The van der Waals surface area contributed by atoms with Crippen molar-refractivity contribution in [3.05, 3.63) is 35.4 Å². The first kappa shape index (κ1) is 14.9. The molecule has 0 aromatic heterocycles. The van der Waals surface area contributed by atoms with Crippen molar-refractivity contribution in [2.24, 2.45) is 0 Å². The number of carbonyl (C=O) groups excluding carboxylic acids is 1. The monoisotopic (exact) mass is 269 g/mol. The molecule has 0 amide bonds. The van der Waals surface area contributed by atoms with Gasteiger partial charge in [-0.3, -0.25) is 4.79 Å². The van der Waals surface area contributed by atoms with E-state index in [9.17, 15) is 13.2 Å². The predicted octanol–water partition coefficient (Wildman–Crippen LogP) is 1.41. The fourth-order valence-electron chi connectivity index (χ4n) is 1.49. The number of sulfone groups is 1. The lowest BCUT2D eigenvalue weighted by atomic mass is 10.1. The second kappa shape index (κ2) is 6.11. The first-order valence-corrected chi connectivity index (χ1v) is 7.87. The highest BCUT2D eigenvalue weighted by Crippen LogP contribution is 2.08. The van der Waals surface area contributed by atoms with E-state index in [2.05, 4.69) is 5.32 Å². The summed E-state index contributed by atoms with van der Waals surface area (Å²) in [5.41, 5.74) is 1.30. The maximum Gasteiger partial charge on any atom is 0.176 e. The number of Topliss-reactive ketones (excluding diaryl/α,β-unsaturated/α-hetero) is 1. The van der Waals surface area contributed by atoms with E-state index in [0.29, 0.717) is 17.7 Å². The Morgan fingerprint density at radius 2 is 1.78 bits per heavy atom. The summed E-state index contributed by atoms with van der Waals surface area (Å²) in [5.74, 6) is 0.0146. The molecule has 0 spiro atoms. The smallest absolute Gasteiger partial charge is 0.176 e. The molecule has 1 aromatic rings. The molecule has 4 nitrogen and oxygen atoms in total. The van der Waals surface area contributed by atoms with Crippen LogP contribution in [0.2, 0.25) is 0 Å². The molecule has 0 saturated heterocycles. The van der Waals surface area contributed by atoms with Crippen LogP contribution >= 0.6 is 0 Å². The number of hydrogen-bond acceptors (Lipinski definition) is 4. The first-order chi connectivity index (χ1) is 8.28. The van der Waals surface area contributed by atoms with Gasteiger partial charge in [0.2, 0.25) is 0 Å². The summed E-state index contributed by atoms with van der Waals surface area (Å²) in [4.78, 5) is 11.8. The van der Waals surface area contributed by atoms with E-state index in [1.807, 2.05) is 13.8 Å². The topological polar surface area (TPSA) is 63.2 Å². The molecule has 0 unspecified atom stereocenters. The van der Waals surface area contributed by atoms with Gasteiger partial charge in [-0.05, 0) is 5.56 Å². The minimum Gasteiger partial charge on any atom is -0.307 e. The number of rotatable bonds is 6. The zero-order chi connectivity index (χ0) is 13.8. The molecule has 100 valence electrons. The molecular weight excluding hydrogens is 250 g/mol. The number of carbonyl (C=O) groups is 1. The normalized spacial score (nSPS) is 11.8. The zero-order valence-corrected chi connectivity index (χ0v) is 11.8. The number of hydrogen-bond donors (Lipinski definition) is 1. The fourth-order valence-corrected chi connectivity index (χ4v) is 2.29. The average molecular weight is 269 g/mol. The van der Waals surface area contributed by atoms with Crippen LogP contribution in [0.4, 0.5) is 0 Å². The molecule has 0 saturated carbocycles. The maximum absolute atomic E-state index is 11.8. The molecule has 0 heterocycles. The van der Waals surface area contributed by atoms with Crippen LogP contribution in [0.3, 0.4) is 0 Å². The van der Waals surface area contributed by atoms with E-state index >= 15 is 0 Å². The number of nitrogens with one attached hydrogen (secondary N) is 1. The molecule has 1 N–H and O–H groups in total. The van der Waals surface area contributed by atoms with Crippen LogP contribution in [0.25, 0.3) is 0 Å². The molecule has 5 heteroatoms. The molecule has 0 bridgehead atoms. The lowest BCUT2D eigenvalue weighted by molar-refractivity contribution is 0.0988. The summed E-state index contributed by atoms with van der Waals surface area (Å²) >= 11 is 0. The Hall–Kier alpha value is -1.20. The van der Waals surface area contributed by atoms with E-state index in [4.69, 9.17) is 0 Å². The Balaban J connectivity index is 2.68. The van der Waals surface area contributed by atoms with E-state index in [1.54, 1.807) is 24.3 Å². The van der Waals surface area contributed by atoms with Gasteiger partial charge < -0.3 is 5.32 Å². The molecule has 0 aliphatic rings. The number of benzene rings is 1. The van der Waals surface area contributed by atoms with E-state index in [0.717, 1.165) is 0 Å². The van der Waals surface area contributed by atoms with Crippen LogP contribution in [-0.4, -0.2) is 33.0 Å². The van der Waals surface area contributed by atoms with Crippen LogP contribution in [0.1, 0.15) is 29.8 Å². The van der Waals surface area contributed by atoms with Gasteiger partial charge >= 0.3 is 0 Å². The zero-order valence-electron chi connectivity index (χ0n) is 10.9. The summed E-state index contributed by atoms with van der Waals surface area (Å²) < 4.78 is 22.2. The van der Waals surface area contributed by atoms with Gasteiger partial charge in [-0.1, -0.05) is 38.1 Å². The van der Waals surface area contributed by atoms with Crippen molar-refractivity contribution in [2.75, 3.05) is 12.8 Å². The third kappa shape index (κ3) is 5.42. The summed E-state index contributed by atoms with van der Waals surface area (Å²) in [6.07, 6.45) is 1.19. The van der Waals surface area contributed by atoms with Crippen molar-refractivity contribution in [3.8, 4) is 0 Å². The first-order valence-electron chi connectivity index (χ1n) is 5.81. The largest absolute Gasteiger partial charge is 0.307 e. The van der Waals surface area contributed by atoms with E-state index in [1.165, 1.54) is 6.26 Å². The molecule has 18 heavy (non-hydrogen) atoms. The van der Waals surface area contributed by atoms with Gasteiger partial charge in [0.1, 0.15) is 0 Å². The highest BCUT2D eigenvalue weighted by atomic mass is 32.2. The van der Waals surface area contributed by atoms with Crippen LogP contribution in [0, 0.1) is 0 Å². The van der Waals surface area contributed by atoms with Crippen molar-refractivity contribution >= 4 is 15.6 Å². The molecule has 0 atom stereocenters. The summed E-state index contributed by atoms with van der Waals surface area (Å²) in [5, 5.41) is 3.05. The van der Waals surface area contributed by atoms with Crippen LogP contribution in [-0.2, 0) is 15.6 Å². The number of ketones is 1. The van der Waals surface area contributed by atoms with Gasteiger partial charge in [-0.25, -0.2) is 8.42 Å². The van der Waals surface area contributed by atoms with Crippen molar-refractivity contribution in [3.63, 3.8) is 0 Å². The van der Waals surface area contributed by atoms with Crippen LogP contribution < -0.4 is 5.32 Å². The molecule has 0 aliphatic carbocycles. The van der Waals surface area contributed by atoms with Crippen LogP contribution in [0.15, 0.2) is 24.3 Å². The van der Waals surface area contributed by atoms with Crippen molar-refractivity contribution in [1.82, 2.24) is 5.32 Å². The van der Waals surface area contributed by atoms with E-state index in [-0.39, 0.29) is 17.6 Å². The minimum absolute atomic E-state index is 0.00567.